The first-order valence-corrected chi connectivity index (χ1v) is 23.5. The molecule has 0 spiro atoms. The van der Waals surface area contributed by atoms with Gasteiger partial charge in [0.2, 0.25) is 11.8 Å². The molecule has 10 rings (SSSR count). The number of carbonyl (C=O) groups excluding carboxylic acids is 2. The van der Waals surface area contributed by atoms with Gasteiger partial charge in [-0.3, -0.25) is 14.6 Å². The van der Waals surface area contributed by atoms with Gasteiger partial charge in [0.25, 0.3) is 0 Å². The predicted molar refractivity (Wildman–Crippen MR) is 270 cm³/mol. The molecule has 2 saturated heterocycles. The number of anilines is 2. The molecule has 0 unspecified atom stereocenters. The Morgan fingerprint density at radius 3 is 1.69 bits per heavy atom. The first-order valence-electron chi connectivity index (χ1n) is 22.8. The van der Waals surface area contributed by atoms with Crippen molar-refractivity contribution in [2.45, 2.75) is 51.0 Å². The number of hydrogen-bond donors (Lipinski definition) is 2. The number of aromatic nitrogens is 9. The van der Waals surface area contributed by atoms with E-state index >= 15 is 0 Å². The molecule has 2 amide bonds. The van der Waals surface area contributed by atoms with Gasteiger partial charge in [-0.1, -0.05) is 54.6 Å². The SMILES string of the molecule is C=CC(=O)N1CCC[C@@H](n2nc(-c3ccc(OCc4cccc(F)c4)c(Cl)c3)c3c(N)ncnc32)C1.C=CC(=O)N1CCC[C@@H](n2nc(-c3ccc(OCc4ccccn4)c(Cl)c3)c3c(N)ncnc32)C1. The quantitative estimate of drug-likeness (QED) is 0.110. The Labute approximate surface area is 417 Å². The number of pyridine rings is 1. The lowest BCUT2D eigenvalue weighted by atomic mass is 10.1. The number of amides is 2. The number of nitrogens with two attached hydrogens (primary N) is 2. The van der Waals surface area contributed by atoms with Crippen molar-refractivity contribution < 1.29 is 23.5 Å². The van der Waals surface area contributed by atoms with Crippen LogP contribution in [0, 0.1) is 5.82 Å². The van der Waals surface area contributed by atoms with E-state index in [2.05, 4.69) is 38.1 Å². The van der Waals surface area contributed by atoms with Crippen LogP contribution in [0.15, 0.2) is 123 Å². The van der Waals surface area contributed by atoms with E-state index in [0.29, 0.717) is 105 Å². The van der Waals surface area contributed by atoms with E-state index in [9.17, 15) is 14.0 Å². The lowest BCUT2D eigenvalue weighted by Gasteiger charge is -2.32. The highest BCUT2D eigenvalue weighted by Gasteiger charge is 2.30. The average Bonchev–Trinajstić information content (AvgIpc) is 3.99. The summed E-state index contributed by atoms with van der Waals surface area (Å²) in [5.74, 6) is 1.12. The van der Waals surface area contributed by atoms with Crippen LogP contribution >= 0.6 is 23.2 Å². The van der Waals surface area contributed by atoms with Crippen molar-refractivity contribution in [1.29, 1.82) is 0 Å². The third kappa shape index (κ3) is 10.5. The minimum Gasteiger partial charge on any atom is -0.487 e. The van der Waals surface area contributed by atoms with E-state index in [4.69, 9.17) is 54.3 Å². The molecule has 0 radical (unpaired) electrons. The van der Waals surface area contributed by atoms with Crippen molar-refractivity contribution in [1.82, 2.24) is 54.3 Å². The summed E-state index contributed by atoms with van der Waals surface area (Å²) in [7, 11) is 0. The van der Waals surface area contributed by atoms with Crippen molar-refractivity contribution in [3.8, 4) is 34.0 Å². The molecule has 0 saturated carbocycles. The minimum atomic E-state index is -0.324. The molecule has 2 fully saturated rings. The van der Waals surface area contributed by atoms with E-state index in [1.165, 1.54) is 36.9 Å². The van der Waals surface area contributed by atoms with Crippen molar-refractivity contribution in [3.63, 3.8) is 0 Å². The third-order valence-electron chi connectivity index (χ3n) is 12.3. The molecule has 4 N–H and O–H groups in total. The van der Waals surface area contributed by atoms with Gasteiger partial charge in [0.15, 0.2) is 11.3 Å². The van der Waals surface area contributed by atoms with Gasteiger partial charge in [-0.25, -0.2) is 33.7 Å². The van der Waals surface area contributed by atoms with Crippen molar-refractivity contribution in [2.24, 2.45) is 0 Å². The maximum absolute atomic E-state index is 13.5. The number of nitrogen functional groups attached to an aromatic ring is 2. The topological polar surface area (TPSA) is 211 Å². The first-order chi connectivity index (χ1) is 34.5. The van der Waals surface area contributed by atoms with E-state index in [1.807, 2.05) is 39.7 Å². The number of fused-ring (bicyclic) bond motifs is 2. The molecular weight excluding hydrogens is 949 g/mol. The van der Waals surface area contributed by atoms with Crippen LogP contribution in [0.2, 0.25) is 10.0 Å². The van der Waals surface area contributed by atoms with Crippen LogP contribution in [0.25, 0.3) is 44.6 Å². The molecule has 0 aliphatic carbocycles. The van der Waals surface area contributed by atoms with Gasteiger partial charge in [0.05, 0.1) is 38.6 Å². The van der Waals surface area contributed by atoms with Crippen LogP contribution in [0.1, 0.15) is 49.0 Å². The Kier molecular flexibility index (Phi) is 14.5. The van der Waals surface area contributed by atoms with Crippen LogP contribution < -0.4 is 20.9 Å². The second kappa shape index (κ2) is 21.4. The van der Waals surface area contributed by atoms with Gasteiger partial charge in [-0.2, -0.15) is 10.2 Å². The fourth-order valence-corrected chi connectivity index (χ4v) is 9.30. The van der Waals surface area contributed by atoms with Crippen LogP contribution in [0.4, 0.5) is 16.0 Å². The van der Waals surface area contributed by atoms with E-state index in [-0.39, 0.29) is 36.3 Å². The summed E-state index contributed by atoms with van der Waals surface area (Å²) in [5.41, 5.74) is 17.9. The molecule has 362 valence electrons. The Morgan fingerprint density at radius 1 is 0.676 bits per heavy atom. The van der Waals surface area contributed by atoms with Crippen LogP contribution in [0.3, 0.4) is 0 Å². The largest absolute Gasteiger partial charge is 0.487 e. The number of piperidine rings is 2. The van der Waals surface area contributed by atoms with Gasteiger partial charge in [-0.15, -0.1) is 0 Å². The highest BCUT2D eigenvalue weighted by Crippen LogP contribution is 2.39. The summed E-state index contributed by atoms with van der Waals surface area (Å²) < 4.78 is 28.8. The van der Waals surface area contributed by atoms with Crippen LogP contribution in [0.5, 0.6) is 11.5 Å². The lowest BCUT2D eigenvalue weighted by molar-refractivity contribution is -0.128. The number of halogens is 3. The Balaban J connectivity index is 0.000000176. The second-order valence-corrected chi connectivity index (χ2v) is 17.7. The van der Waals surface area contributed by atoms with Gasteiger partial charge in [-0.05, 0) is 104 Å². The molecule has 7 heterocycles. The van der Waals surface area contributed by atoms with E-state index in [0.717, 1.165) is 42.5 Å². The summed E-state index contributed by atoms with van der Waals surface area (Å²) in [4.78, 5) is 49.5. The number of nitrogens with zero attached hydrogens (tertiary/aromatic N) is 11. The molecule has 20 heteroatoms. The van der Waals surface area contributed by atoms with Gasteiger partial charge < -0.3 is 30.7 Å². The molecule has 2 aliphatic rings. The number of carbonyl (C=O) groups is 2. The average molecular weight is 997 g/mol. The van der Waals surface area contributed by atoms with E-state index < -0.39 is 0 Å². The fourth-order valence-electron chi connectivity index (χ4n) is 8.82. The van der Waals surface area contributed by atoms with E-state index in [1.54, 1.807) is 52.4 Å². The van der Waals surface area contributed by atoms with Crippen LogP contribution in [-0.2, 0) is 22.8 Å². The molecular formula is C51H48Cl2FN13O4. The Bertz CT molecular complexity index is 3280. The summed E-state index contributed by atoms with van der Waals surface area (Å²) in [6, 6.07) is 22.5. The number of hydrogen-bond acceptors (Lipinski definition) is 13. The molecule has 8 aromatic rings. The predicted octanol–water partition coefficient (Wildman–Crippen LogP) is 8.85. The van der Waals surface area contributed by atoms with Crippen LogP contribution in [-0.4, -0.2) is 92.3 Å². The maximum Gasteiger partial charge on any atom is 0.246 e. The number of likely N-dealkylation sites (tertiary alicyclic amines) is 2. The zero-order valence-electron chi connectivity index (χ0n) is 38.4. The number of benzene rings is 3. The standard InChI is InChI=1S/C26H24ClFN6O2.C25H24ClN7O2/c1-2-22(35)33-10-4-7-19(13-33)34-26-23(25(29)30-15-31-26)24(32-34)17-8-9-21(20(27)12-17)36-14-16-5-3-6-18(28)11-16;1-2-21(34)32-11-5-7-18(13-32)33-25-22(24(27)29-15-30-25)23(31-33)16-8-9-20(19(26)12-16)35-14-17-6-3-4-10-28-17/h2-3,5-6,8-9,11-12,15,19H,1,4,7,10,13-14H2,(H2,29,30,31);2-4,6,8-10,12,15,18H,1,5,7,11,13-14H2,(H2,27,29,30)/t19-;18-/m11/s1. The maximum atomic E-state index is 13.5. The lowest BCUT2D eigenvalue weighted by Crippen LogP contribution is -2.40. The minimum absolute atomic E-state index is 0.0466. The Morgan fingerprint density at radius 2 is 1.21 bits per heavy atom. The molecule has 17 nitrogen and oxygen atoms in total. The monoisotopic (exact) mass is 995 g/mol. The molecule has 2 aliphatic heterocycles. The van der Waals surface area contributed by atoms with Gasteiger partial charge in [0.1, 0.15) is 66.2 Å². The third-order valence-corrected chi connectivity index (χ3v) is 12.9. The summed E-state index contributed by atoms with van der Waals surface area (Å²) in [6.07, 6.45) is 10.6. The molecule has 71 heavy (non-hydrogen) atoms. The molecule has 5 aromatic heterocycles. The second-order valence-electron chi connectivity index (χ2n) is 16.9. The highest BCUT2D eigenvalue weighted by molar-refractivity contribution is 6.32. The summed E-state index contributed by atoms with van der Waals surface area (Å²) in [5, 5.41) is 11.8. The zero-order valence-corrected chi connectivity index (χ0v) is 39.9. The molecule has 0 bridgehead atoms. The summed E-state index contributed by atoms with van der Waals surface area (Å²) in [6.45, 7) is 10.1. The van der Waals surface area contributed by atoms with Crippen molar-refractivity contribution >= 4 is 68.7 Å². The van der Waals surface area contributed by atoms with Gasteiger partial charge in [0, 0.05) is 43.5 Å². The normalized spacial score (nSPS) is 15.8. The first kappa shape index (κ1) is 48.1. The Hall–Kier alpha value is -7.96. The highest BCUT2D eigenvalue weighted by atomic mass is 35.5. The summed E-state index contributed by atoms with van der Waals surface area (Å²) >= 11 is 13.1. The van der Waals surface area contributed by atoms with Crippen molar-refractivity contribution in [2.75, 3.05) is 37.6 Å². The number of rotatable bonds is 12. The fraction of sp³-hybridized carbons (Fsp3) is 0.235. The number of ether oxygens (including phenoxy) is 2. The van der Waals surface area contributed by atoms with Crippen molar-refractivity contribution in [3.05, 3.63) is 150 Å². The van der Waals surface area contributed by atoms with Gasteiger partial charge >= 0.3 is 0 Å². The molecule has 2 atom stereocenters. The molecule has 3 aromatic carbocycles. The zero-order chi connectivity index (χ0) is 49.6. The smallest absolute Gasteiger partial charge is 0.246 e.